The second-order valence-electron chi connectivity index (χ2n) is 4.03. The number of nitrogens with zero attached hydrogens (tertiary/aromatic N) is 2. The van der Waals surface area contributed by atoms with Crippen LogP contribution in [-0.2, 0) is 0 Å². The molecule has 0 saturated carbocycles. The van der Waals surface area contributed by atoms with Gasteiger partial charge in [0.15, 0.2) is 5.72 Å². The number of aliphatic hydroxyl groups is 1. The van der Waals surface area contributed by atoms with E-state index in [1.165, 1.54) is 0 Å². The second-order valence-corrected chi connectivity index (χ2v) is 4.03. The van der Waals surface area contributed by atoms with E-state index in [2.05, 4.69) is 5.10 Å². The molecule has 0 spiro atoms. The van der Waals surface area contributed by atoms with Gasteiger partial charge in [0.2, 0.25) is 5.96 Å². The van der Waals surface area contributed by atoms with Gasteiger partial charge in [0.05, 0.1) is 5.41 Å². The lowest BCUT2D eigenvalue weighted by Gasteiger charge is -2.37. The summed E-state index contributed by atoms with van der Waals surface area (Å²) in [6, 6.07) is 0. The summed E-state index contributed by atoms with van der Waals surface area (Å²) in [4.78, 5) is 0. The van der Waals surface area contributed by atoms with Crippen LogP contribution in [0.5, 0.6) is 0 Å². The first-order chi connectivity index (χ1) is 5.71. The van der Waals surface area contributed by atoms with Gasteiger partial charge in [0.25, 0.3) is 0 Å². The molecule has 0 bridgehead atoms. The molecule has 1 aliphatic heterocycles. The zero-order valence-electron chi connectivity index (χ0n) is 8.42. The van der Waals surface area contributed by atoms with E-state index in [-0.39, 0.29) is 5.96 Å². The maximum Gasteiger partial charge on any atom is 0.211 e. The Hall–Kier alpha value is -1.10. The fourth-order valence-corrected chi connectivity index (χ4v) is 1.27. The van der Waals surface area contributed by atoms with Crippen LogP contribution in [0.4, 0.5) is 0 Å². The maximum absolute atomic E-state index is 10.1. The summed E-state index contributed by atoms with van der Waals surface area (Å²) in [6.45, 7) is 7.16. The van der Waals surface area contributed by atoms with Crippen LogP contribution in [0.2, 0.25) is 0 Å². The molecule has 4 N–H and O–H groups in total. The van der Waals surface area contributed by atoms with Crippen molar-refractivity contribution >= 4 is 11.7 Å². The fourth-order valence-electron chi connectivity index (χ4n) is 1.27. The summed E-state index contributed by atoms with van der Waals surface area (Å²) in [5, 5.41) is 22.5. The number of guanidine groups is 1. The molecule has 1 heterocycles. The molecule has 0 aromatic rings. The Balaban J connectivity index is 3.15. The number of hydrogen-bond acceptors (Lipinski definition) is 3. The highest BCUT2D eigenvalue weighted by Gasteiger charge is 2.52. The summed E-state index contributed by atoms with van der Waals surface area (Å²) in [6.07, 6.45) is 0. The highest BCUT2D eigenvalue weighted by atomic mass is 16.3. The average molecular weight is 184 g/mol. The van der Waals surface area contributed by atoms with Crippen molar-refractivity contribution in [2.75, 3.05) is 0 Å². The van der Waals surface area contributed by atoms with Gasteiger partial charge in [0.1, 0.15) is 0 Å². The molecule has 0 amide bonds. The van der Waals surface area contributed by atoms with Crippen molar-refractivity contribution in [1.82, 2.24) is 5.01 Å². The van der Waals surface area contributed by atoms with Crippen molar-refractivity contribution in [3.8, 4) is 0 Å². The van der Waals surface area contributed by atoms with Crippen molar-refractivity contribution in [3.63, 3.8) is 0 Å². The van der Waals surface area contributed by atoms with Crippen LogP contribution in [0.15, 0.2) is 5.10 Å². The number of rotatable bonds is 0. The zero-order chi connectivity index (χ0) is 10.4. The van der Waals surface area contributed by atoms with Gasteiger partial charge in [-0.1, -0.05) is 0 Å². The Labute approximate surface area is 77.7 Å². The minimum Gasteiger partial charge on any atom is -0.368 e. The van der Waals surface area contributed by atoms with E-state index in [1.807, 2.05) is 20.8 Å². The molecule has 0 fully saturated rings. The smallest absolute Gasteiger partial charge is 0.211 e. The van der Waals surface area contributed by atoms with Gasteiger partial charge in [-0.25, -0.2) is 5.01 Å². The van der Waals surface area contributed by atoms with Crippen LogP contribution in [-0.4, -0.2) is 27.5 Å². The molecule has 0 radical (unpaired) electrons. The third kappa shape index (κ3) is 1.11. The van der Waals surface area contributed by atoms with Crippen LogP contribution in [0.25, 0.3) is 0 Å². The molecule has 5 heteroatoms. The quantitative estimate of drug-likeness (QED) is 0.374. The molecule has 1 aliphatic rings. The summed E-state index contributed by atoms with van der Waals surface area (Å²) in [5.41, 5.74) is 4.36. The Bertz CT molecular complexity index is 280. The number of hydrazone groups is 1. The van der Waals surface area contributed by atoms with Crippen LogP contribution in [0, 0.1) is 10.8 Å². The van der Waals surface area contributed by atoms with E-state index in [0.29, 0.717) is 0 Å². The van der Waals surface area contributed by atoms with Gasteiger partial charge < -0.3 is 10.8 Å². The highest BCUT2D eigenvalue weighted by molar-refractivity contribution is 5.93. The lowest BCUT2D eigenvalue weighted by molar-refractivity contribution is -0.0970. The fraction of sp³-hybridized carbons (Fsp3) is 0.750. The summed E-state index contributed by atoms with van der Waals surface area (Å²) in [7, 11) is 0. The Morgan fingerprint density at radius 2 is 2.00 bits per heavy atom. The van der Waals surface area contributed by atoms with E-state index >= 15 is 0 Å². The third-order valence-electron chi connectivity index (χ3n) is 2.98. The number of nitrogens with two attached hydrogens (primary N) is 1. The molecule has 0 unspecified atom stereocenters. The molecule has 74 valence electrons. The van der Waals surface area contributed by atoms with Gasteiger partial charge in [0, 0.05) is 5.71 Å². The van der Waals surface area contributed by atoms with Gasteiger partial charge in [-0.3, -0.25) is 5.41 Å². The molecular formula is C8H16N4O. The van der Waals surface area contributed by atoms with Crippen molar-refractivity contribution in [2.45, 2.75) is 33.4 Å². The van der Waals surface area contributed by atoms with Crippen LogP contribution in [0.1, 0.15) is 27.7 Å². The number of hydrogen-bond donors (Lipinski definition) is 3. The van der Waals surface area contributed by atoms with Gasteiger partial charge in [-0.15, -0.1) is 0 Å². The van der Waals surface area contributed by atoms with Gasteiger partial charge in [-0.2, -0.15) is 5.10 Å². The first-order valence-electron chi connectivity index (χ1n) is 4.13. The Morgan fingerprint density at radius 3 is 2.15 bits per heavy atom. The molecule has 5 nitrogen and oxygen atoms in total. The van der Waals surface area contributed by atoms with Gasteiger partial charge >= 0.3 is 0 Å². The monoisotopic (exact) mass is 184 g/mol. The lowest BCUT2D eigenvalue weighted by atomic mass is 9.79. The summed E-state index contributed by atoms with van der Waals surface area (Å²) in [5.74, 6) is -0.241. The van der Waals surface area contributed by atoms with E-state index in [4.69, 9.17) is 11.1 Å². The predicted molar refractivity (Wildman–Crippen MR) is 51.3 cm³/mol. The van der Waals surface area contributed by atoms with Crippen molar-refractivity contribution < 1.29 is 5.11 Å². The molecular weight excluding hydrogens is 168 g/mol. The Kier molecular flexibility index (Phi) is 1.88. The van der Waals surface area contributed by atoms with E-state index in [9.17, 15) is 5.11 Å². The lowest BCUT2D eigenvalue weighted by Crippen LogP contribution is -2.54. The average Bonchev–Trinajstić information content (AvgIpc) is 2.10. The van der Waals surface area contributed by atoms with Crippen molar-refractivity contribution in [1.29, 1.82) is 5.41 Å². The second kappa shape index (κ2) is 2.45. The molecule has 0 saturated heterocycles. The van der Waals surface area contributed by atoms with Crippen LogP contribution < -0.4 is 5.73 Å². The van der Waals surface area contributed by atoms with Crippen molar-refractivity contribution in [2.24, 2.45) is 16.3 Å². The standard InChI is InChI=1S/C8H16N4O/c1-5-7(2,3)8(4,13)12(11-5)6(9)10/h13H,1-4H3,(H3,9,10)/t8-/m1/s1. The Morgan fingerprint density at radius 1 is 1.54 bits per heavy atom. The molecule has 13 heavy (non-hydrogen) atoms. The van der Waals surface area contributed by atoms with Crippen molar-refractivity contribution in [3.05, 3.63) is 0 Å². The van der Waals surface area contributed by atoms with E-state index in [1.54, 1.807) is 6.92 Å². The molecule has 0 aromatic heterocycles. The first kappa shape index (κ1) is 9.98. The first-order valence-corrected chi connectivity index (χ1v) is 4.13. The highest BCUT2D eigenvalue weighted by Crippen LogP contribution is 2.40. The minimum atomic E-state index is -1.22. The normalized spacial score (nSPS) is 31.8. The SMILES string of the molecule is CC1=NN(C(=N)N)[C@](C)(O)C1(C)C. The zero-order valence-corrected chi connectivity index (χ0v) is 8.42. The minimum absolute atomic E-state index is 0.241. The summed E-state index contributed by atoms with van der Waals surface area (Å²) < 4.78 is 0. The van der Waals surface area contributed by atoms with Crippen LogP contribution in [0.3, 0.4) is 0 Å². The molecule has 1 rings (SSSR count). The van der Waals surface area contributed by atoms with E-state index < -0.39 is 11.1 Å². The molecule has 0 aliphatic carbocycles. The van der Waals surface area contributed by atoms with E-state index in [0.717, 1.165) is 10.7 Å². The summed E-state index contributed by atoms with van der Waals surface area (Å²) >= 11 is 0. The molecule has 0 aromatic carbocycles. The van der Waals surface area contributed by atoms with Gasteiger partial charge in [-0.05, 0) is 27.7 Å². The third-order valence-corrected chi connectivity index (χ3v) is 2.98. The number of nitrogens with one attached hydrogen (secondary N) is 1. The maximum atomic E-state index is 10.1. The predicted octanol–water partition coefficient (Wildman–Crippen LogP) is 0.306. The topological polar surface area (TPSA) is 85.7 Å². The molecule has 1 atom stereocenters. The van der Waals surface area contributed by atoms with Crippen LogP contribution >= 0.6 is 0 Å². The largest absolute Gasteiger partial charge is 0.368 e.